The summed E-state index contributed by atoms with van der Waals surface area (Å²) in [5, 5.41) is 11.6. The molecule has 4 aromatic rings. The number of benzene rings is 2. The molecule has 0 bridgehead atoms. The quantitative estimate of drug-likeness (QED) is 0.0726. The van der Waals surface area contributed by atoms with E-state index >= 15 is 4.39 Å². The summed E-state index contributed by atoms with van der Waals surface area (Å²) < 4.78 is 16.6. The molecule has 0 saturated heterocycles. The molecule has 0 aliphatic heterocycles. The topological polar surface area (TPSA) is 139 Å². The van der Waals surface area contributed by atoms with E-state index in [0.29, 0.717) is 33.9 Å². The van der Waals surface area contributed by atoms with E-state index in [0.717, 1.165) is 49.1 Å². The van der Waals surface area contributed by atoms with Gasteiger partial charge in [-0.1, -0.05) is 35.5 Å². The average Bonchev–Trinajstić information content (AvgIpc) is 3.74. The fourth-order valence-corrected chi connectivity index (χ4v) is 5.98. The van der Waals surface area contributed by atoms with Crippen LogP contribution < -0.4 is 22.5 Å². The first kappa shape index (κ1) is 30.3. The Morgan fingerprint density at radius 1 is 1.26 bits per heavy atom. The lowest BCUT2D eigenvalue weighted by atomic mass is 10.00. The number of rotatable bonds is 13. The molecule has 2 aromatic carbocycles. The Balaban J connectivity index is 1.30. The van der Waals surface area contributed by atoms with E-state index in [4.69, 9.17) is 28.5 Å². The molecule has 42 heavy (non-hydrogen) atoms. The van der Waals surface area contributed by atoms with Gasteiger partial charge in [-0.15, -0.1) is 0 Å². The number of H-pyrrole nitrogens is 1. The highest BCUT2D eigenvalue weighted by Crippen LogP contribution is 2.34. The van der Waals surface area contributed by atoms with Gasteiger partial charge in [0.1, 0.15) is 5.65 Å². The first-order valence-electron chi connectivity index (χ1n) is 14.4. The zero-order chi connectivity index (χ0) is 29.8. The molecule has 2 aromatic heterocycles. The van der Waals surface area contributed by atoms with Crippen molar-refractivity contribution >= 4 is 39.6 Å². The number of aromatic amines is 1. The van der Waals surface area contributed by atoms with Gasteiger partial charge in [0, 0.05) is 35.0 Å². The van der Waals surface area contributed by atoms with Gasteiger partial charge in [0.15, 0.2) is 11.0 Å². The smallest absolute Gasteiger partial charge is 0.354 e. The van der Waals surface area contributed by atoms with E-state index in [2.05, 4.69) is 22.2 Å². The van der Waals surface area contributed by atoms with Crippen LogP contribution in [0.4, 0.5) is 4.39 Å². The van der Waals surface area contributed by atoms with Crippen LogP contribution in [0.5, 0.6) is 0 Å². The Labute approximate surface area is 253 Å². The van der Waals surface area contributed by atoms with Gasteiger partial charge in [0.05, 0.1) is 16.4 Å². The van der Waals surface area contributed by atoms with Crippen molar-refractivity contribution in [3.05, 3.63) is 81.1 Å². The van der Waals surface area contributed by atoms with E-state index in [1.54, 1.807) is 18.3 Å². The van der Waals surface area contributed by atoms with Crippen LogP contribution in [0.15, 0.2) is 53.5 Å². The summed E-state index contributed by atoms with van der Waals surface area (Å²) in [5.74, 6) is 0.948. The lowest BCUT2D eigenvalue weighted by Gasteiger charge is -2.15. The highest BCUT2D eigenvalue weighted by atomic mass is 35.5. The molecular formula is C31H37ClFN7OS. The second kappa shape index (κ2) is 13.4. The van der Waals surface area contributed by atoms with Gasteiger partial charge in [-0.3, -0.25) is 9.98 Å². The van der Waals surface area contributed by atoms with Crippen LogP contribution >= 0.6 is 23.4 Å². The number of amidine groups is 1. The summed E-state index contributed by atoms with van der Waals surface area (Å²) in [4.78, 5) is 20.3. The van der Waals surface area contributed by atoms with Gasteiger partial charge >= 0.3 is 5.69 Å². The summed E-state index contributed by atoms with van der Waals surface area (Å²) in [7, 11) is 0. The maximum Gasteiger partial charge on any atom is 0.354 e. The van der Waals surface area contributed by atoms with E-state index in [1.807, 2.05) is 30.3 Å². The highest BCUT2D eigenvalue weighted by Gasteiger charge is 2.27. The summed E-state index contributed by atoms with van der Waals surface area (Å²) in [6.07, 6.45) is 7.69. The molecule has 222 valence electrons. The summed E-state index contributed by atoms with van der Waals surface area (Å²) >= 11 is 7.63. The number of nitrogens with two attached hydrogens (primary N) is 2. The molecule has 0 radical (unpaired) electrons. The normalized spacial score (nSPS) is 14.8. The Bertz CT molecular complexity index is 1620. The number of hydrogen-bond donors (Lipinski definition) is 5. The number of halogens is 2. The van der Waals surface area contributed by atoms with Crippen molar-refractivity contribution < 1.29 is 4.39 Å². The van der Waals surface area contributed by atoms with Gasteiger partial charge in [-0.05, 0) is 99.4 Å². The minimum atomic E-state index is -0.507. The van der Waals surface area contributed by atoms with Crippen LogP contribution in [0.25, 0.3) is 28.0 Å². The van der Waals surface area contributed by atoms with Crippen molar-refractivity contribution in [1.29, 1.82) is 5.41 Å². The molecule has 1 aliphatic carbocycles. The molecule has 2 heterocycles. The number of nitrogens with zero attached hydrogens (tertiary/aromatic N) is 2. The molecule has 0 amide bonds. The number of fused-ring (bicyclic) bond motifs is 1. The zero-order valence-electron chi connectivity index (χ0n) is 23.6. The number of thioether (sulfide) groups is 1. The molecule has 11 heteroatoms. The van der Waals surface area contributed by atoms with Crippen molar-refractivity contribution in [1.82, 2.24) is 19.9 Å². The van der Waals surface area contributed by atoms with Crippen LogP contribution in [-0.2, 0) is 6.42 Å². The van der Waals surface area contributed by atoms with Crippen LogP contribution in [0.3, 0.4) is 0 Å². The highest BCUT2D eigenvalue weighted by molar-refractivity contribution is 8.13. The Hall–Kier alpha value is -3.18. The lowest BCUT2D eigenvalue weighted by Crippen LogP contribution is -2.22. The fraction of sp³-hybridized carbons (Fsp3) is 0.387. The van der Waals surface area contributed by atoms with E-state index < -0.39 is 11.5 Å². The maximum absolute atomic E-state index is 15.2. The van der Waals surface area contributed by atoms with Crippen molar-refractivity contribution in [3.8, 4) is 16.9 Å². The van der Waals surface area contributed by atoms with E-state index in [1.165, 1.54) is 29.2 Å². The first-order valence-corrected chi connectivity index (χ1v) is 15.7. The van der Waals surface area contributed by atoms with Gasteiger partial charge in [0.2, 0.25) is 0 Å². The van der Waals surface area contributed by atoms with Crippen LogP contribution in [-0.4, -0.2) is 38.0 Å². The molecule has 5 rings (SSSR count). The van der Waals surface area contributed by atoms with Crippen molar-refractivity contribution in [2.75, 3.05) is 12.3 Å². The standard InChI is InChI=1S/C31H37ClFN7OS/c1-18(37-12-3-13-42-30(35)36)20-8-10-23(11-9-20)40-17-22-16-27(38-29(22)39-31(40)41)24-14-19(15-25(32)28(24)33)4-2-5-26(34)21-6-7-21/h8-11,14-18,21,26,37H,2-7,12-13,34H2,1H3,(H3,35,36)(H,38,39,41)/t18-,26?/m0/s1. The third-order valence-corrected chi connectivity index (χ3v) is 8.90. The Morgan fingerprint density at radius 2 is 2.02 bits per heavy atom. The largest absolute Gasteiger partial charge is 0.379 e. The third kappa shape index (κ3) is 7.42. The van der Waals surface area contributed by atoms with Gasteiger partial charge < -0.3 is 21.8 Å². The SMILES string of the molecule is C[C@H](NCCCSC(=N)N)c1ccc(-n2cc3cc(-c4cc(CCCC(N)C5CC5)cc(Cl)c4F)[nH]c3nc2=O)cc1. The van der Waals surface area contributed by atoms with E-state index in [-0.39, 0.29) is 22.3 Å². The lowest BCUT2D eigenvalue weighted by molar-refractivity contribution is 0.528. The van der Waals surface area contributed by atoms with E-state index in [9.17, 15) is 4.79 Å². The third-order valence-electron chi connectivity index (χ3n) is 7.82. The molecule has 1 fully saturated rings. The fourth-order valence-electron chi connectivity index (χ4n) is 5.23. The molecule has 7 N–H and O–H groups in total. The van der Waals surface area contributed by atoms with Crippen molar-refractivity contribution in [3.63, 3.8) is 0 Å². The van der Waals surface area contributed by atoms with Crippen molar-refractivity contribution in [2.45, 2.75) is 57.5 Å². The second-order valence-corrected chi connectivity index (χ2v) is 12.6. The number of aromatic nitrogens is 3. The first-order chi connectivity index (χ1) is 20.2. The molecule has 8 nitrogen and oxygen atoms in total. The van der Waals surface area contributed by atoms with Gasteiger partial charge in [-0.2, -0.15) is 4.98 Å². The molecule has 0 spiro atoms. The minimum Gasteiger partial charge on any atom is -0.379 e. The maximum atomic E-state index is 15.2. The summed E-state index contributed by atoms with van der Waals surface area (Å²) in [6.45, 7) is 2.89. The van der Waals surface area contributed by atoms with Crippen LogP contribution in [0, 0.1) is 17.1 Å². The Kier molecular flexibility index (Phi) is 9.67. The van der Waals surface area contributed by atoms with Gasteiger partial charge in [0.25, 0.3) is 0 Å². The number of aryl methyl sites for hydroxylation is 1. The number of nitrogens with one attached hydrogen (secondary N) is 3. The summed E-state index contributed by atoms with van der Waals surface area (Å²) in [5.41, 5.74) is 15.2. The minimum absolute atomic E-state index is 0.0685. The Morgan fingerprint density at radius 3 is 2.74 bits per heavy atom. The molecule has 1 aliphatic rings. The molecular weight excluding hydrogens is 573 g/mol. The number of hydrogen-bond acceptors (Lipinski definition) is 6. The van der Waals surface area contributed by atoms with Crippen molar-refractivity contribution in [2.24, 2.45) is 17.4 Å². The average molecular weight is 610 g/mol. The predicted molar refractivity (Wildman–Crippen MR) is 171 cm³/mol. The second-order valence-electron chi connectivity index (χ2n) is 11.0. The molecule has 1 saturated carbocycles. The van der Waals surface area contributed by atoms with Gasteiger partial charge in [-0.25, -0.2) is 9.18 Å². The molecule has 1 unspecified atom stereocenters. The molecule has 2 atom stereocenters. The van der Waals surface area contributed by atoms with Crippen LogP contribution in [0.1, 0.15) is 56.2 Å². The zero-order valence-corrected chi connectivity index (χ0v) is 25.2. The predicted octanol–water partition coefficient (Wildman–Crippen LogP) is 5.90. The summed E-state index contributed by atoms with van der Waals surface area (Å²) in [6, 6.07) is 13.4. The monoisotopic (exact) mass is 609 g/mol. The van der Waals surface area contributed by atoms with Crippen LogP contribution in [0.2, 0.25) is 5.02 Å².